The number of amides is 2. The predicted molar refractivity (Wildman–Crippen MR) is 121 cm³/mol. The highest BCUT2D eigenvalue weighted by Gasteiger charge is 2.30. The molecule has 2 amide bonds. The third-order valence-corrected chi connectivity index (χ3v) is 5.32. The molecule has 0 atom stereocenters. The van der Waals surface area contributed by atoms with Gasteiger partial charge in [-0.3, -0.25) is 14.3 Å². The molecule has 9 heteroatoms. The lowest BCUT2D eigenvalue weighted by atomic mass is 10.2. The minimum atomic E-state index is -0.447. The Morgan fingerprint density at radius 3 is 2.55 bits per heavy atom. The van der Waals surface area contributed by atoms with E-state index in [1.807, 2.05) is 30.3 Å². The van der Waals surface area contributed by atoms with E-state index in [1.54, 1.807) is 30.5 Å². The van der Waals surface area contributed by atoms with Gasteiger partial charge in [-0.1, -0.05) is 36.4 Å². The first-order valence-corrected chi connectivity index (χ1v) is 10.6. The lowest BCUT2D eigenvalue weighted by molar-refractivity contribution is -0.117. The first-order chi connectivity index (χ1) is 16.1. The molecule has 166 valence electrons. The average Bonchev–Trinajstić information content (AvgIpc) is 3.46. The van der Waals surface area contributed by atoms with Gasteiger partial charge in [0.2, 0.25) is 5.91 Å². The second-order valence-electron chi connectivity index (χ2n) is 7.90. The largest absolute Gasteiger partial charge is 0.318 e. The van der Waals surface area contributed by atoms with E-state index in [1.165, 1.54) is 21.6 Å². The van der Waals surface area contributed by atoms with Crippen molar-refractivity contribution in [2.75, 3.05) is 10.6 Å². The molecule has 0 aliphatic heterocycles. The van der Waals surface area contributed by atoms with Gasteiger partial charge < -0.3 is 10.6 Å². The maximum absolute atomic E-state index is 13.9. The van der Waals surface area contributed by atoms with E-state index < -0.39 is 5.91 Å². The van der Waals surface area contributed by atoms with Crippen molar-refractivity contribution in [3.05, 3.63) is 90.1 Å². The van der Waals surface area contributed by atoms with E-state index in [4.69, 9.17) is 0 Å². The van der Waals surface area contributed by atoms with E-state index in [0.717, 1.165) is 18.5 Å². The van der Waals surface area contributed by atoms with Crippen LogP contribution in [0.5, 0.6) is 0 Å². The van der Waals surface area contributed by atoms with Gasteiger partial charge in [0.25, 0.3) is 5.91 Å². The van der Waals surface area contributed by atoms with Crippen LogP contribution < -0.4 is 10.6 Å². The van der Waals surface area contributed by atoms with Gasteiger partial charge in [0.15, 0.2) is 5.69 Å². The number of anilines is 2. The number of hydrogen-bond donors (Lipinski definition) is 2. The van der Waals surface area contributed by atoms with Crippen molar-refractivity contribution in [3.63, 3.8) is 0 Å². The third-order valence-electron chi connectivity index (χ3n) is 5.32. The molecule has 0 radical (unpaired) electrons. The number of benzene rings is 2. The lowest BCUT2D eigenvalue weighted by Crippen LogP contribution is -2.16. The zero-order valence-corrected chi connectivity index (χ0v) is 17.6. The Bertz CT molecular complexity index is 1310. The van der Waals surface area contributed by atoms with Crippen LogP contribution in [-0.2, 0) is 11.3 Å². The van der Waals surface area contributed by atoms with Crippen molar-refractivity contribution < 1.29 is 14.0 Å². The number of para-hydroxylation sites is 1. The first-order valence-electron chi connectivity index (χ1n) is 10.6. The molecular formula is C24H21FN6O2. The normalized spacial score (nSPS) is 13.0. The fourth-order valence-electron chi connectivity index (χ4n) is 3.43. The summed E-state index contributed by atoms with van der Waals surface area (Å²) in [5.41, 5.74) is 1.82. The van der Waals surface area contributed by atoms with Gasteiger partial charge in [0.05, 0.1) is 24.1 Å². The van der Waals surface area contributed by atoms with Crippen LogP contribution in [0.2, 0.25) is 0 Å². The topological polar surface area (TPSA) is 93.8 Å². The molecule has 2 heterocycles. The van der Waals surface area contributed by atoms with Crippen molar-refractivity contribution in [3.8, 4) is 5.69 Å². The highest BCUT2D eigenvalue weighted by Crippen LogP contribution is 2.30. The molecule has 33 heavy (non-hydrogen) atoms. The van der Waals surface area contributed by atoms with Gasteiger partial charge in [-0.25, -0.2) is 9.07 Å². The molecule has 2 N–H and O–H groups in total. The zero-order valence-electron chi connectivity index (χ0n) is 17.6. The Morgan fingerprint density at radius 1 is 1.03 bits per heavy atom. The van der Waals surface area contributed by atoms with E-state index in [0.29, 0.717) is 17.1 Å². The van der Waals surface area contributed by atoms with Crippen LogP contribution in [0.3, 0.4) is 0 Å². The molecule has 1 fully saturated rings. The van der Waals surface area contributed by atoms with Crippen LogP contribution in [-0.4, -0.2) is 31.4 Å². The number of carbonyl (C=O) groups excluding carboxylic acids is 2. The number of rotatable bonds is 7. The smallest absolute Gasteiger partial charge is 0.276 e. The van der Waals surface area contributed by atoms with Crippen LogP contribution in [0.15, 0.2) is 73.1 Å². The molecule has 4 aromatic rings. The summed E-state index contributed by atoms with van der Waals surface area (Å²) in [7, 11) is 0. The number of nitrogens with zero attached hydrogens (tertiary/aromatic N) is 4. The summed E-state index contributed by atoms with van der Waals surface area (Å²) in [6.45, 7) is 0.239. The van der Waals surface area contributed by atoms with Crippen LogP contribution in [0.25, 0.3) is 5.69 Å². The second-order valence-corrected chi connectivity index (χ2v) is 7.90. The molecule has 1 saturated carbocycles. The van der Waals surface area contributed by atoms with Gasteiger partial charge in [0, 0.05) is 23.7 Å². The summed E-state index contributed by atoms with van der Waals surface area (Å²) in [6, 6.07) is 17.3. The van der Waals surface area contributed by atoms with E-state index in [9.17, 15) is 14.0 Å². The summed E-state index contributed by atoms with van der Waals surface area (Å²) in [5, 5.41) is 14.2. The van der Waals surface area contributed by atoms with Gasteiger partial charge in [-0.05, 0) is 31.0 Å². The molecule has 2 aromatic carbocycles. The summed E-state index contributed by atoms with van der Waals surface area (Å²) in [5.74, 6) is -0.392. The van der Waals surface area contributed by atoms with Crippen molar-refractivity contribution in [2.45, 2.75) is 19.4 Å². The minimum absolute atomic E-state index is 0.0155. The number of halogens is 1. The van der Waals surface area contributed by atoms with Crippen LogP contribution in [0, 0.1) is 11.7 Å². The van der Waals surface area contributed by atoms with E-state index in [-0.39, 0.29) is 29.9 Å². The molecule has 0 bridgehead atoms. The predicted octanol–water partition coefficient (Wildman–Crippen LogP) is 3.86. The standard InChI is InChI=1S/C24H21FN6O2/c25-20-9-5-4-6-17(20)14-30-15-18(13-26-30)27-24(33)21-12-22(28-23(32)16-10-11-16)31(29-21)19-7-2-1-3-8-19/h1-9,12-13,15-16H,10-11,14H2,(H,27,33)(H,28,32). The van der Waals surface area contributed by atoms with E-state index >= 15 is 0 Å². The van der Waals surface area contributed by atoms with Crippen molar-refractivity contribution >= 4 is 23.3 Å². The van der Waals surface area contributed by atoms with Gasteiger partial charge in [-0.15, -0.1) is 0 Å². The highest BCUT2D eigenvalue weighted by atomic mass is 19.1. The fourth-order valence-corrected chi connectivity index (χ4v) is 3.43. The molecule has 1 aliphatic carbocycles. The Labute approximate surface area is 189 Å². The third kappa shape index (κ3) is 4.67. The Balaban J connectivity index is 1.34. The maximum Gasteiger partial charge on any atom is 0.276 e. The van der Waals surface area contributed by atoms with Gasteiger partial charge in [0.1, 0.15) is 11.6 Å². The SMILES string of the molecule is O=C(Nc1cnn(Cc2ccccc2F)c1)c1cc(NC(=O)C2CC2)n(-c2ccccc2)n1. The molecule has 2 aromatic heterocycles. The Kier molecular flexibility index (Phi) is 5.43. The zero-order chi connectivity index (χ0) is 22.8. The van der Waals surface area contributed by atoms with Crippen LogP contribution in [0.4, 0.5) is 15.9 Å². The molecule has 5 rings (SSSR count). The molecule has 0 spiro atoms. The van der Waals surface area contributed by atoms with E-state index in [2.05, 4.69) is 20.8 Å². The quantitative estimate of drug-likeness (QED) is 0.453. The van der Waals surface area contributed by atoms with Crippen LogP contribution >= 0.6 is 0 Å². The van der Waals surface area contributed by atoms with Crippen molar-refractivity contribution in [1.29, 1.82) is 0 Å². The maximum atomic E-state index is 13.9. The van der Waals surface area contributed by atoms with Gasteiger partial charge in [-0.2, -0.15) is 10.2 Å². The summed E-state index contributed by atoms with van der Waals surface area (Å²) in [4.78, 5) is 25.2. The fraction of sp³-hybridized carbons (Fsp3) is 0.167. The summed E-state index contributed by atoms with van der Waals surface area (Å²) >= 11 is 0. The molecule has 8 nitrogen and oxygen atoms in total. The average molecular weight is 444 g/mol. The molecular weight excluding hydrogens is 423 g/mol. The van der Waals surface area contributed by atoms with Gasteiger partial charge >= 0.3 is 0 Å². The highest BCUT2D eigenvalue weighted by molar-refractivity contribution is 6.04. The monoisotopic (exact) mass is 444 g/mol. The molecule has 1 aliphatic rings. The first kappa shape index (κ1) is 20.6. The van der Waals surface area contributed by atoms with Crippen molar-refractivity contribution in [1.82, 2.24) is 19.6 Å². The van der Waals surface area contributed by atoms with Crippen LogP contribution in [0.1, 0.15) is 28.9 Å². The van der Waals surface area contributed by atoms with Crippen molar-refractivity contribution in [2.24, 2.45) is 5.92 Å². The number of aromatic nitrogens is 4. The molecule has 0 saturated heterocycles. The number of carbonyl (C=O) groups is 2. The summed E-state index contributed by atoms with van der Waals surface area (Å²) < 4.78 is 17.0. The summed E-state index contributed by atoms with van der Waals surface area (Å²) in [6.07, 6.45) is 4.85. The number of hydrogen-bond acceptors (Lipinski definition) is 4. The number of nitrogens with one attached hydrogen (secondary N) is 2. The molecule has 0 unspecified atom stereocenters. The second kappa shape index (κ2) is 8.70. The minimum Gasteiger partial charge on any atom is -0.318 e. The Hall–Kier alpha value is -4.27. The Morgan fingerprint density at radius 2 is 1.79 bits per heavy atom. The lowest BCUT2D eigenvalue weighted by Gasteiger charge is -2.08.